The minimum absolute atomic E-state index is 0.136. The normalized spacial score (nSPS) is 16.2. The fourth-order valence-electron chi connectivity index (χ4n) is 3.27. The number of aliphatic hydroxyl groups excluding tert-OH is 3. The van der Waals surface area contributed by atoms with Gasteiger partial charge in [0.05, 0.1) is 27.9 Å². The molecule has 0 radical (unpaired) electrons. The molecule has 2 amide bonds. The lowest BCUT2D eigenvalue weighted by Gasteiger charge is -2.27. The molecule has 12 heteroatoms. The van der Waals surface area contributed by atoms with Crippen LogP contribution in [0.2, 0.25) is 10.0 Å². The predicted octanol–water partition coefficient (Wildman–Crippen LogP) is 4.12. The molecule has 7 nitrogen and oxygen atoms in total. The fourth-order valence-corrected chi connectivity index (χ4v) is 3.85. The van der Waals surface area contributed by atoms with Gasteiger partial charge in [-0.3, -0.25) is 4.98 Å². The van der Waals surface area contributed by atoms with E-state index in [1.807, 2.05) is 0 Å². The Morgan fingerprint density at radius 1 is 1.21 bits per heavy atom. The first kappa shape index (κ1) is 25.3. The predicted molar refractivity (Wildman–Crippen MR) is 117 cm³/mol. The number of pyridine rings is 1. The van der Waals surface area contributed by atoms with Crippen LogP contribution in [-0.4, -0.2) is 57.0 Å². The summed E-state index contributed by atoms with van der Waals surface area (Å²) < 4.78 is 38.5. The van der Waals surface area contributed by atoms with Gasteiger partial charge in [-0.2, -0.15) is 13.2 Å². The van der Waals surface area contributed by atoms with Crippen molar-refractivity contribution in [3.63, 3.8) is 0 Å². The van der Waals surface area contributed by atoms with Gasteiger partial charge in [-0.05, 0) is 36.3 Å². The van der Waals surface area contributed by atoms with Crippen LogP contribution < -0.4 is 5.32 Å². The second kappa shape index (κ2) is 10.3. The highest BCUT2D eigenvalue weighted by molar-refractivity contribution is 6.32. The maximum atomic E-state index is 12.8. The van der Waals surface area contributed by atoms with Crippen molar-refractivity contribution in [2.75, 3.05) is 25.0 Å². The molecule has 1 aromatic heterocycles. The van der Waals surface area contributed by atoms with Crippen molar-refractivity contribution in [2.45, 2.75) is 24.8 Å². The quantitative estimate of drug-likeness (QED) is 0.489. The number of carbonyl (C=O) groups excluding carboxylic acids is 1. The number of halogens is 5. The minimum Gasteiger partial charge on any atom is -0.394 e. The Balaban J connectivity index is 1.66. The Kier molecular flexibility index (Phi) is 7.86. The summed E-state index contributed by atoms with van der Waals surface area (Å²) >= 11 is 12.0. The SMILES string of the molecule is O=C(Nc1ccc(C(F)(F)F)c(Cl)c1)N1CC=C(c2ncc([C@H](O)[C@@H](O)CO)cc2Cl)CC1. The molecule has 2 aromatic rings. The van der Waals surface area contributed by atoms with E-state index in [0.717, 1.165) is 23.8 Å². The number of anilines is 1. The van der Waals surface area contributed by atoms with Crippen LogP contribution in [0.1, 0.15) is 29.3 Å². The van der Waals surface area contributed by atoms with E-state index >= 15 is 0 Å². The second-order valence-corrected chi connectivity index (χ2v) is 8.16. The highest BCUT2D eigenvalue weighted by Gasteiger charge is 2.33. The van der Waals surface area contributed by atoms with Gasteiger partial charge in [0.2, 0.25) is 0 Å². The van der Waals surface area contributed by atoms with Crippen molar-refractivity contribution in [1.82, 2.24) is 9.88 Å². The average molecular weight is 506 g/mol. The number of alkyl halides is 3. The molecule has 0 bridgehead atoms. The van der Waals surface area contributed by atoms with Gasteiger partial charge < -0.3 is 25.5 Å². The number of nitrogens with zero attached hydrogens (tertiary/aromatic N) is 2. The number of rotatable bonds is 5. The van der Waals surface area contributed by atoms with E-state index in [0.29, 0.717) is 18.7 Å². The zero-order valence-corrected chi connectivity index (χ0v) is 18.5. The molecule has 0 spiro atoms. The Bertz CT molecular complexity index is 1070. The van der Waals surface area contributed by atoms with Gasteiger partial charge in [0.1, 0.15) is 12.2 Å². The van der Waals surface area contributed by atoms with Crippen LogP contribution in [0.5, 0.6) is 0 Å². The summed E-state index contributed by atoms with van der Waals surface area (Å²) in [6.07, 6.45) is -3.79. The first-order valence-corrected chi connectivity index (χ1v) is 10.5. The van der Waals surface area contributed by atoms with Crippen LogP contribution in [-0.2, 0) is 6.18 Å². The highest BCUT2D eigenvalue weighted by Crippen LogP contribution is 2.36. The second-order valence-electron chi connectivity index (χ2n) is 7.34. The Labute approximate surface area is 197 Å². The summed E-state index contributed by atoms with van der Waals surface area (Å²) in [5, 5.41) is 30.7. The van der Waals surface area contributed by atoms with Crippen LogP contribution in [0.3, 0.4) is 0 Å². The first-order chi connectivity index (χ1) is 15.5. The smallest absolute Gasteiger partial charge is 0.394 e. The average Bonchev–Trinajstić information content (AvgIpc) is 2.77. The van der Waals surface area contributed by atoms with Crippen molar-refractivity contribution in [3.05, 3.63) is 63.4 Å². The molecule has 2 atom stereocenters. The molecule has 0 unspecified atom stereocenters. The summed E-state index contributed by atoms with van der Waals surface area (Å²) in [7, 11) is 0. The third kappa shape index (κ3) is 5.96. The van der Waals surface area contributed by atoms with E-state index in [1.165, 1.54) is 17.2 Å². The molecule has 3 rings (SSSR count). The van der Waals surface area contributed by atoms with Gasteiger partial charge in [-0.25, -0.2) is 4.79 Å². The number of aliphatic hydroxyl groups is 3. The molecule has 2 heterocycles. The van der Waals surface area contributed by atoms with Gasteiger partial charge >= 0.3 is 12.2 Å². The number of amides is 2. The zero-order valence-electron chi connectivity index (χ0n) is 17.0. The fraction of sp³-hybridized carbons (Fsp3) is 0.333. The third-order valence-electron chi connectivity index (χ3n) is 5.08. The lowest BCUT2D eigenvalue weighted by molar-refractivity contribution is -0.137. The van der Waals surface area contributed by atoms with E-state index in [4.69, 9.17) is 28.3 Å². The molecule has 33 heavy (non-hydrogen) atoms. The molecule has 178 valence electrons. The number of urea groups is 1. The lowest BCUT2D eigenvalue weighted by Crippen LogP contribution is -2.38. The number of benzene rings is 1. The van der Waals surface area contributed by atoms with Crippen LogP contribution >= 0.6 is 23.2 Å². The zero-order chi connectivity index (χ0) is 24.3. The van der Waals surface area contributed by atoms with Crippen molar-refractivity contribution < 1.29 is 33.3 Å². The third-order valence-corrected chi connectivity index (χ3v) is 5.68. The molecule has 0 aliphatic carbocycles. The van der Waals surface area contributed by atoms with Gasteiger partial charge in [0.15, 0.2) is 0 Å². The number of hydrogen-bond donors (Lipinski definition) is 4. The number of carbonyl (C=O) groups is 1. The van der Waals surface area contributed by atoms with Gasteiger partial charge in [0.25, 0.3) is 0 Å². The molecular weight excluding hydrogens is 486 g/mol. The molecule has 1 aliphatic rings. The number of aromatic nitrogens is 1. The van der Waals surface area contributed by atoms with E-state index in [2.05, 4.69) is 10.3 Å². The van der Waals surface area contributed by atoms with E-state index < -0.39 is 41.6 Å². The van der Waals surface area contributed by atoms with Crippen molar-refractivity contribution in [2.24, 2.45) is 0 Å². The molecule has 4 N–H and O–H groups in total. The molecule has 1 aliphatic heterocycles. The van der Waals surface area contributed by atoms with Crippen LogP contribution in [0.4, 0.5) is 23.7 Å². The number of nitrogens with one attached hydrogen (secondary N) is 1. The van der Waals surface area contributed by atoms with Crippen LogP contribution in [0.15, 0.2) is 36.5 Å². The molecular formula is C21H20Cl2F3N3O4. The maximum absolute atomic E-state index is 12.8. The van der Waals surface area contributed by atoms with Crippen LogP contribution in [0.25, 0.3) is 5.57 Å². The Morgan fingerprint density at radius 3 is 2.48 bits per heavy atom. The minimum atomic E-state index is -4.59. The van der Waals surface area contributed by atoms with Gasteiger partial charge in [-0.15, -0.1) is 0 Å². The monoisotopic (exact) mass is 505 g/mol. The summed E-state index contributed by atoms with van der Waals surface area (Å²) in [5.74, 6) is 0. The van der Waals surface area contributed by atoms with Gasteiger partial charge in [-0.1, -0.05) is 29.3 Å². The Morgan fingerprint density at radius 2 is 1.94 bits per heavy atom. The Hall–Kier alpha value is -2.37. The molecule has 0 saturated heterocycles. The summed E-state index contributed by atoms with van der Waals surface area (Å²) in [6, 6.07) is 3.92. The van der Waals surface area contributed by atoms with Crippen LogP contribution in [0, 0.1) is 0 Å². The number of hydrogen-bond acceptors (Lipinski definition) is 5. The molecule has 0 fully saturated rings. The summed E-state index contributed by atoms with van der Waals surface area (Å²) in [4.78, 5) is 18.2. The van der Waals surface area contributed by atoms with Crippen molar-refractivity contribution in [1.29, 1.82) is 0 Å². The van der Waals surface area contributed by atoms with Crippen molar-refractivity contribution >= 4 is 40.5 Å². The summed E-state index contributed by atoms with van der Waals surface area (Å²) in [5.41, 5.74) is 0.627. The highest BCUT2D eigenvalue weighted by atomic mass is 35.5. The van der Waals surface area contributed by atoms with Gasteiger partial charge in [0, 0.05) is 30.5 Å². The lowest BCUT2D eigenvalue weighted by atomic mass is 10.0. The molecule has 1 aromatic carbocycles. The first-order valence-electron chi connectivity index (χ1n) is 9.75. The van der Waals surface area contributed by atoms with E-state index in [9.17, 15) is 28.2 Å². The maximum Gasteiger partial charge on any atom is 0.417 e. The summed E-state index contributed by atoms with van der Waals surface area (Å²) in [6.45, 7) is -0.110. The largest absolute Gasteiger partial charge is 0.417 e. The van der Waals surface area contributed by atoms with E-state index in [-0.39, 0.29) is 22.8 Å². The molecule has 0 saturated carbocycles. The standard InChI is InChI=1S/C21H20Cl2F3N3O4/c22-15-8-13(1-2-14(15)21(24,25)26)28-20(33)29-5-3-11(4-6-29)18-16(23)7-12(9-27-18)19(32)17(31)10-30/h1-3,7-9,17,19,30-32H,4-6,10H2,(H,28,33)/t17-,19-/m0/s1. The van der Waals surface area contributed by atoms with E-state index in [1.54, 1.807) is 6.08 Å². The van der Waals surface area contributed by atoms with Crippen molar-refractivity contribution in [3.8, 4) is 0 Å². The topological polar surface area (TPSA) is 106 Å².